The van der Waals surface area contributed by atoms with Crippen molar-refractivity contribution in [2.45, 2.75) is 52.1 Å². The van der Waals surface area contributed by atoms with Crippen LogP contribution in [0.4, 0.5) is 0 Å². The Morgan fingerprint density at radius 3 is 2.59 bits per heavy atom. The normalized spacial score (nSPS) is 13.5. The average molecular weight is 372 g/mol. The van der Waals surface area contributed by atoms with E-state index in [4.69, 9.17) is 14.0 Å². The van der Waals surface area contributed by atoms with Crippen LogP contribution in [0.15, 0.2) is 33.8 Å². The first kappa shape index (κ1) is 19.4. The molecule has 0 aliphatic carbocycles. The highest BCUT2D eigenvalue weighted by Crippen LogP contribution is 2.18. The van der Waals surface area contributed by atoms with Crippen LogP contribution in [0.1, 0.15) is 54.7 Å². The second-order valence-corrected chi connectivity index (χ2v) is 6.75. The number of rotatable bonds is 11. The Morgan fingerprint density at radius 1 is 1.07 bits per heavy atom. The molecule has 6 nitrogen and oxygen atoms in total. The minimum atomic E-state index is 0.00409. The monoisotopic (exact) mass is 372 g/mol. The molecule has 3 rings (SSSR count). The van der Waals surface area contributed by atoms with E-state index in [2.05, 4.69) is 10.1 Å². The molecule has 0 bridgehead atoms. The van der Waals surface area contributed by atoms with Crippen molar-refractivity contribution >= 4 is 5.90 Å². The standard InChI is InChI=1S/C21H28N2O4/c1-16-19(15-24)20(27-23-16)7-5-3-2-4-6-13-25-18-10-8-17(9-11-18)21-22-12-14-26-21/h8-11,24H,2-7,12-15H2,1H3. The van der Waals surface area contributed by atoms with Crippen molar-refractivity contribution < 1.29 is 19.1 Å². The molecule has 146 valence electrons. The number of aromatic nitrogens is 1. The lowest BCUT2D eigenvalue weighted by molar-refractivity contribution is 0.276. The van der Waals surface area contributed by atoms with Crippen molar-refractivity contribution in [1.29, 1.82) is 0 Å². The Labute approximate surface area is 160 Å². The van der Waals surface area contributed by atoms with Crippen LogP contribution in [0.2, 0.25) is 0 Å². The zero-order chi connectivity index (χ0) is 18.9. The van der Waals surface area contributed by atoms with E-state index in [9.17, 15) is 5.11 Å². The molecule has 1 N–H and O–H groups in total. The molecule has 2 heterocycles. The van der Waals surface area contributed by atoms with Gasteiger partial charge in [0.1, 0.15) is 18.1 Å². The third-order valence-corrected chi connectivity index (χ3v) is 4.73. The van der Waals surface area contributed by atoms with E-state index in [1.165, 1.54) is 6.42 Å². The first-order valence-corrected chi connectivity index (χ1v) is 9.73. The maximum Gasteiger partial charge on any atom is 0.216 e. The summed E-state index contributed by atoms with van der Waals surface area (Å²) < 4.78 is 16.5. The number of ether oxygens (including phenoxy) is 2. The molecule has 2 aromatic rings. The number of aliphatic imine (C=N–C) groups is 1. The molecular formula is C21H28N2O4. The first-order valence-electron chi connectivity index (χ1n) is 9.73. The summed E-state index contributed by atoms with van der Waals surface area (Å²) in [6.45, 7) is 4.02. The molecule has 1 aromatic heterocycles. The van der Waals surface area contributed by atoms with E-state index in [1.807, 2.05) is 31.2 Å². The van der Waals surface area contributed by atoms with Gasteiger partial charge in [-0.25, -0.2) is 4.99 Å². The molecule has 0 spiro atoms. The molecule has 6 heteroatoms. The van der Waals surface area contributed by atoms with Crippen molar-refractivity contribution in [2.24, 2.45) is 4.99 Å². The highest BCUT2D eigenvalue weighted by atomic mass is 16.5. The van der Waals surface area contributed by atoms with E-state index < -0.39 is 0 Å². The van der Waals surface area contributed by atoms with Gasteiger partial charge in [-0.1, -0.05) is 24.4 Å². The van der Waals surface area contributed by atoms with Gasteiger partial charge in [0.05, 0.1) is 25.5 Å². The van der Waals surface area contributed by atoms with Crippen LogP contribution in [-0.4, -0.2) is 35.9 Å². The Kier molecular flexibility index (Phi) is 7.27. The van der Waals surface area contributed by atoms with Crippen LogP contribution in [0.5, 0.6) is 5.75 Å². The van der Waals surface area contributed by atoms with Gasteiger partial charge in [0.15, 0.2) is 0 Å². The van der Waals surface area contributed by atoms with Crippen LogP contribution in [0.25, 0.3) is 0 Å². The number of benzene rings is 1. The zero-order valence-electron chi connectivity index (χ0n) is 15.9. The van der Waals surface area contributed by atoms with Gasteiger partial charge in [0, 0.05) is 17.5 Å². The van der Waals surface area contributed by atoms with Crippen LogP contribution in [0.3, 0.4) is 0 Å². The highest BCUT2D eigenvalue weighted by molar-refractivity contribution is 5.94. The topological polar surface area (TPSA) is 77.1 Å². The van der Waals surface area contributed by atoms with E-state index in [0.717, 1.165) is 79.5 Å². The van der Waals surface area contributed by atoms with Gasteiger partial charge in [-0.3, -0.25) is 0 Å². The van der Waals surface area contributed by atoms with Crippen molar-refractivity contribution in [3.8, 4) is 5.75 Å². The smallest absolute Gasteiger partial charge is 0.216 e. The summed E-state index contributed by atoms with van der Waals surface area (Å²) in [6.07, 6.45) is 6.39. The number of unbranched alkanes of at least 4 members (excludes halogenated alkanes) is 4. The summed E-state index contributed by atoms with van der Waals surface area (Å²) in [5.41, 5.74) is 2.65. The summed E-state index contributed by atoms with van der Waals surface area (Å²) in [7, 11) is 0. The molecule has 1 aliphatic rings. The molecule has 0 amide bonds. The summed E-state index contributed by atoms with van der Waals surface area (Å²) in [5, 5.41) is 13.2. The SMILES string of the molecule is Cc1noc(CCCCCCCOc2ccc(C3=NCCO3)cc2)c1CO. The fourth-order valence-electron chi connectivity index (χ4n) is 3.15. The number of hydrogen-bond donors (Lipinski definition) is 1. The largest absolute Gasteiger partial charge is 0.494 e. The molecule has 0 unspecified atom stereocenters. The van der Waals surface area contributed by atoms with Gasteiger partial charge in [-0.15, -0.1) is 0 Å². The van der Waals surface area contributed by atoms with Gasteiger partial charge >= 0.3 is 0 Å². The Morgan fingerprint density at radius 2 is 1.85 bits per heavy atom. The highest BCUT2D eigenvalue weighted by Gasteiger charge is 2.11. The quantitative estimate of drug-likeness (QED) is 0.607. The van der Waals surface area contributed by atoms with Crippen molar-refractivity contribution in [1.82, 2.24) is 5.16 Å². The van der Waals surface area contributed by atoms with Gasteiger partial charge in [0.2, 0.25) is 5.90 Å². The van der Waals surface area contributed by atoms with Crippen molar-refractivity contribution in [2.75, 3.05) is 19.8 Å². The predicted molar refractivity (Wildman–Crippen MR) is 103 cm³/mol. The summed E-state index contributed by atoms with van der Waals surface area (Å²) >= 11 is 0. The number of aryl methyl sites for hydroxylation is 2. The van der Waals surface area contributed by atoms with Gasteiger partial charge < -0.3 is 19.1 Å². The Hall–Kier alpha value is -2.34. The van der Waals surface area contributed by atoms with E-state index >= 15 is 0 Å². The summed E-state index contributed by atoms with van der Waals surface area (Å²) in [6, 6.07) is 7.92. The van der Waals surface area contributed by atoms with Crippen LogP contribution in [-0.2, 0) is 17.8 Å². The molecule has 1 aromatic carbocycles. The molecule has 0 radical (unpaired) electrons. The van der Waals surface area contributed by atoms with Crippen LogP contribution >= 0.6 is 0 Å². The molecule has 1 aliphatic heterocycles. The van der Waals surface area contributed by atoms with Gasteiger partial charge in [0.25, 0.3) is 0 Å². The van der Waals surface area contributed by atoms with Crippen molar-refractivity contribution in [3.05, 3.63) is 46.8 Å². The summed E-state index contributed by atoms with van der Waals surface area (Å²) in [4.78, 5) is 4.31. The fourth-order valence-corrected chi connectivity index (χ4v) is 3.15. The van der Waals surface area contributed by atoms with Crippen molar-refractivity contribution in [3.63, 3.8) is 0 Å². The lowest BCUT2D eigenvalue weighted by atomic mass is 10.1. The third kappa shape index (κ3) is 5.57. The maximum atomic E-state index is 9.33. The zero-order valence-corrected chi connectivity index (χ0v) is 15.9. The van der Waals surface area contributed by atoms with Gasteiger partial charge in [-0.05, 0) is 44.0 Å². The number of aliphatic hydroxyl groups is 1. The molecular weight excluding hydrogens is 344 g/mol. The number of hydrogen-bond acceptors (Lipinski definition) is 6. The van der Waals surface area contributed by atoms with E-state index in [-0.39, 0.29) is 6.61 Å². The minimum Gasteiger partial charge on any atom is -0.494 e. The number of aliphatic hydroxyl groups excluding tert-OH is 1. The average Bonchev–Trinajstić information content (AvgIpc) is 3.34. The second kappa shape index (κ2) is 10.1. The minimum absolute atomic E-state index is 0.00409. The number of nitrogens with zero attached hydrogens (tertiary/aromatic N) is 2. The maximum absolute atomic E-state index is 9.33. The molecule has 0 saturated heterocycles. The first-order chi connectivity index (χ1) is 13.3. The predicted octanol–water partition coefficient (Wildman–Crippen LogP) is 3.82. The second-order valence-electron chi connectivity index (χ2n) is 6.75. The molecule has 27 heavy (non-hydrogen) atoms. The lowest BCUT2D eigenvalue weighted by Crippen LogP contribution is -2.01. The Bertz CT molecular complexity index is 737. The molecule has 0 fully saturated rings. The third-order valence-electron chi connectivity index (χ3n) is 4.73. The van der Waals surface area contributed by atoms with E-state index in [0.29, 0.717) is 6.61 Å². The molecule has 0 atom stereocenters. The molecule has 0 saturated carbocycles. The van der Waals surface area contributed by atoms with E-state index in [1.54, 1.807) is 0 Å². The van der Waals surface area contributed by atoms with Crippen LogP contribution < -0.4 is 4.74 Å². The van der Waals surface area contributed by atoms with Crippen LogP contribution in [0, 0.1) is 6.92 Å². The fraction of sp³-hybridized carbons (Fsp3) is 0.524. The summed E-state index contributed by atoms with van der Waals surface area (Å²) in [5.74, 6) is 2.44. The Balaban J connectivity index is 1.25. The van der Waals surface area contributed by atoms with Gasteiger partial charge in [-0.2, -0.15) is 0 Å². The lowest BCUT2D eigenvalue weighted by Gasteiger charge is -2.07.